The first-order chi connectivity index (χ1) is 14.7. The van der Waals surface area contributed by atoms with Gasteiger partial charge in [-0.3, -0.25) is 4.98 Å². The topological polar surface area (TPSA) is 33.1 Å². The zero-order valence-corrected chi connectivity index (χ0v) is 17.5. The third kappa shape index (κ3) is 3.37. The van der Waals surface area contributed by atoms with Crippen molar-refractivity contribution in [1.82, 2.24) is 14.9 Å². The van der Waals surface area contributed by atoms with Crippen LogP contribution in [0.15, 0.2) is 97.5 Å². The van der Waals surface area contributed by atoms with Gasteiger partial charge in [-0.05, 0) is 67.2 Å². The van der Waals surface area contributed by atoms with E-state index in [1.807, 2.05) is 24.4 Å². The van der Waals surface area contributed by atoms with Crippen molar-refractivity contribution < 1.29 is 0 Å². The first kappa shape index (κ1) is 18.6. The summed E-state index contributed by atoms with van der Waals surface area (Å²) >= 11 is 5.79. The largest absolute Gasteiger partial charge is 0.351 e. The van der Waals surface area contributed by atoms with E-state index < -0.39 is 0 Å². The van der Waals surface area contributed by atoms with Gasteiger partial charge in [-0.25, -0.2) is 0 Å². The van der Waals surface area contributed by atoms with E-state index in [4.69, 9.17) is 12.2 Å². The smallest absolute Gasteiger partial charge is 0.174 e. The summed E-state index contributed by atoms with van der Waals surface area (Å²) in [6.07, 6.45) is 6.13. The zero-order valence-electron chi connectivity index (χ0n) is 16.6. The maximum absolute atomic E-state index is 5.79. The van der Waals surface area contributed by atoms with Crippen molar-refractivity contribution in [3.63, 3.8) is 0 Å². The van der Waals surface area contributed by atoms with E-state index in [2.05, 4.69) is 99.7 Å². The van der Waals surface area contributed by atoms with Crippen LogP contribution in [0.4, 0.5) is 5.69 Å². The first-order valence-electron chi connectivity index (χ1n) is 10.0. The third-order valence-electron chi connectivity index (χ3n) is 5.52. The van der Waals surface area contributed by atoms with Crippen LogP contribution in [0.2, 0.25) is 0 Å². The van der Waals surface area contributed by atoms with Crippen molar-refractivity contribution >= 4 is 23.0 Å². The molecule has 1 N–H and O–H groups in total. The fourth-order valence-corrected chi connectivity index (χ4v) is 4.37. The Kier molecular flexibility index (Phi) is 4.81. The molecule has 0 amide bonds. The number of nitrogens with zero attached hydrogens (tertiary/aromatic N) is 3. The standard InChI is InChI=1S/C25H22N4S/c1-18-10-12-21(13-11-18)29-24(23(27-25(29)30)22-9-5-6-15-26-22)19-14-16-28(17-19)20-7-3-2-4-8-20/h2-17,23-24H,1H3,(H,27,30)/t23-,24-/m1/s1. The van der Waals surface area contributed by atoms with Gasteiger partial charge in [0, 0.05) is 30.0 Å². The highest BCUT2D eigenvalue weighted by Crippen LogP contribution is 2.41. The number of anilines is 1. The van der Waals surface area contributed by atoms with Gasteiger partial charge in [0.05, 0.1) is 17.8 Å². The number of para-hydroxylation sites is 1. The van der Waals surface area contributed by atoms with Gasteiger partial charge in [0.15, 0.2) is 5.11 Å². The summed E-state index contributed by atoms with van der Waals surface area (Å²) in [4.78, 5) is 6.83. The Bertz CT molecular complexity index is 1150. The molecule has 0 radical (unpaired) electrons. The van der Waals surface area contributed by atoms with Gasteiger partial charge < -0.3 is 14.8 Å². The minimum absolute atomic E-state index is 0.0000633. The van der Waals surface area contributed by atoms with Crippen molar-refractivity contribution in [2.45, 2.75) is 19.0 Å². The minimum atomic E-state index is -0.0355. The molecule has 148 valence electrons. The van der Waals surface area contributed by atoms with Crippen LogP contribution in [-0.2, 0) is 0 Å². The van der Waals surface area contributed by atoms with Gasteiger partial charge in [-0.15, -0.1) is 0 Å². The van der Waals surface area contributed by atoms with Gasteiger partial charge in [0.2, 0.25) is 0 Å². The number of thiocarbonyl (C=S) groups is 1. The lowest BCUT2D eigenvalue weighted by Gasteiger charge is -2.27. The molecule has 0 bridgehead atoms. The molecule has 0 saturated carbocycles. The molecule has 2 atom stereocenters. The Balaban J connectivity index is 1.60. The molecule has 0 spiro atoms. The van der Waals surface area contributed by atoms with E-state index in [1.165, 1.54) is 11.1 Å². The molecule has 5 rings (SSSR count). The van der Waals surface area contributed by atoms with Crippen molar-refractivity contribution in [3.8, 4) is 5.69 Å². The van der Waals surface area contributed by atoms with E-state index in [9.17, 15) is 0 Å². The molecule has 30 heavy (non-hydrogen) atoms. The van der Waals surface area contributed by atoms with Crippen molar-refractivity contribution in [1.29, 1.82) is 0 Å². The van der Waals surface area contributed by atoms with Crippen LogP contribution in [0.1, 0.15) is 28.9 Å². The molecule has 2 aromatic heterocycles. The SMILES string of the molecule is Cc1ccc(N2C(=S)N[C@H](c3ccccn3)[C@H]2c2ccn(-c3ccccc3)c2)cc1. The van der Waals surface area contributed by atoms with Crippen LogP contribution in [-0.4, -0.2) is 14.7 Å². The van der Waals surface area contributed by atoms with E-state index in [0.29, 0.717) is 5.11 Å². The maximum atomic E-state index is 5.79. The van der Waals surface area contributed by atoms with E-state index in [0.717, 1.165) is 17.1 Å². The maximum Gasteiger partial charge on any atom is 0.174 e. The summed E-state index contributed by atoms with van der Waals surface area (Å²) in [5.74, 6) is 0. The van der Waals surface area contributed by atoms with Crippen LogP contribution in [0.25, 0.3) is 5.69 Å². The summed E-state index contributed by atoms with van der Waals surface area (Å²) in [5.41, 5.74) is 5.60. The average molecular weight is 411 g/mol. The second-order valence-electron chi connectivity index (χ2n) is 7.52. The predicted octanol–water partition coefficient (Wildman–Crippen LogP) is 5.36. The predicted molar refractivity (Wildman–Crippen MR) is 125 cm³/mol. The Morgan fingerprint density at radius 2 is 1.63 bits per heavy atom. The molecule has 4 aromatic rings. The molecule has 2 aromatic carbocycles. The van der Waals surface area contributed by atoms with E-state index >= 15 is 0 Å². The quantitative estimate of drug-likeness (QED) is 0.459. The Morgan fingerprint density at radius 1 is 0.867 bits per heavy atom. The molecule has 1 saturated heterocycles. The van der Waals surface area contributed by atoms with Crippen molar-refractivity contribution in [2.75, 3.05) is 4.90 Å². The van der Waals surface area contributed by atoms with Crippen molar-refractivity contribution in [3.05, 3.63) is 114 Å². The Hall–Kier alpha value is -3.44. The molecule has 1 fully saturated rings. The number of aromatic nitrogens is 2. The number of nitrogens with one attached hydrogen (secondary N) is 1. The lowest BCUT2D eigenvalue weighted by Crippen LogP contribution is -2.29. The zero-order chi connectivity index (χ0) is 20.5. The highest BCUT2D eigenvalue weighted by atomic mass is 32.1. The third-order valence-corrected chi connectivity index (χ3v) is 5.84. The molecule has 4 nitrogen and oxygen atoms in total. The number of rotatable bonds is 4. The summed E-state index contributed by atoms with van der Waals surface area (Å²) in [7, 11) is 0. The fraction of sp³-hybridized carbons (Fsp3) is 0.120. The Morgan fingerprint density at radius 3 is 2.37 bits per heavy atom. The first-order valence-corrected chi connectivity index (χ1v) is 10.4. The summed E-state index contributed by atoms with van der Waals surface area (Å²) in [6.45, 7) is 2.10. The van der Waals surface area contributed by atoms with Crippen LogP contribution >= 0.6 is 12.2 Å². The monoisotopic (exact) mass is 410 g/mol. The molecular formula is C25H22N4S. The highest BCUT2D eigenvalue weighted by Gasteiger charge is 2.41. The van der Waals surface area contributed by atoms with Crippen LogP contribution in [0.3, 0.4) is 0 Å². The van der Waals surface area contributed by atoms with Gasteiger partial charge in [-0.2, -0.15) is 0 Å². The lowest BCUT2D eigenvalue weighted by molar-refractivity contribution is 0.568. The van der Waals surface area contributed by atoms with Gasteiger partial charge in [0.1, 0.15) is 0 Å². The molecule has 0 aliphatic carbocycles. The highest BCUT2D eigenvalue weighted by molar-refractivity contribution is 7.80. The number of pyridine rings is 1. The molecule has 1 aliphatic rings. The summed E-state index contributed by atoms with van der Waals surface area (Å²) in [5, 5.41) is 4.23. The van der Waals surface area contributed by atoms with Crippen LogP contribution in [0.5, 0.6) is 0 Å². The van der Waals surface area contributed by atoms with Gasteiger partial charge in [-0.1, -0.05) is 42.0 Å². The van der Waals surface area contributed by atoms with Crippen molar-refractivity contribution in [2.24, 2.45) is 0 Å². The molecule has 0 unspecified atom stereocenters. The fourth-order valence-electron chi connectivity index (χ4n) is 4.03. The lowest BCUT2D eigenvalue weighted by atomic mass is 9.98. The average Bonchev–Trinajstić information content (AvgIpc) is 3.40. The summed E-state index contributed by atoms with van der Waals surface area (Å²) in [6, 6.07) is 27.0. The number of benzene rings is 2. The molecular weight excluding hydrogens is 388 g/mol. The minimum Gasteiger partial charge on any atom is -0.351 e. The van der Waals surface area contributed by atoms with Gasteiger partial charge in [0.25, 0.3) is 0 Å². The summed E-state index contributed by atoms with van der Waals surface area (Å²) < 4.78 is 2.15. The molecule has 1 aliphatic heterocycles. The van der Waals surface area contributed by atoms with Crippen LogP contribution in [0, 0.1) is 6.92 Å². The number of hydrogen-bond acceptors (Lipinski definition) is 2. The molecule has 5 heteroatoms. The van der Waals surface area contributed by atoms with E-state index in [-0.39, 0.29) is 12.1 Å². The Labute approximate surface area is 181 Å². The second kappa shape index (κ2) is 7.76. The normalized spacial score (nSPS) is 18.4. The number of aryl methyl sites for hydroxylation is 1. The van der Waals surface area contributed by atoms with E-state index in [1.54, 1.807) is 0 Å². The number of hydrogen-bond donors (Lipinski definition) is 1. The molecule has 3 heterocycles. The second-order valence-corrected chi connectivity index (χ2v) is 7.91. The van der Waals surface area contributed by atoms with Gasteiger partial charge >= 0.3 is 0 Å². The van der Waals surface area contributed by atoms with Crippen LogP contribution < -0.4 is 10.2 Å².